The summed E-state index contributed by atoms with van der Waals surface area (Å²) in [6.45, 7) is 3.44. The fourth-order valence-corrected chi connectivity index (χ4v) is 3.13. The summed E-state index contributed by atoms with van der Waals surface area (Å²) in [6.07, 6.45) is 8.20. The number of aromatic nitrogens is 2. The largest absolute Gasteiger partial charge is 0.466 e. The van der Waals surface area contributed by atoms with Crippen LogP contribution in [-0.2, 0) is 20.8 Å². The van der Waals surface area contributed by atoms with Crippen LogP contribution in [0.25, 0.3) is 0 Å². The van der Waals surface area contributed by atoms with Gasteiger partial charge in [0.2, 0.25) is 0 Å². The summed E-state index contributed by atoms with van der Waals surface area (Å²) in [4.78, 5) is 15.4. The van der Waals surface area contributed by atoms with E-state index >= 15 is 0 Å². The average Bonchev–Trinajstić information content (AvgIpc) is 3.10. The van der Waals surface area contributed by atoms with E-state index in [1.54, 1.807) is 18.6 Å². The molecule has 0 amide bonds. The lowest BCUT2D eigenvalue weighted by Gasteiger charge is -2.20. The molecular weight excluding hydrogens is 375 g/mol. The molecule has 142 valence electrons. The van der Waals surface area contributed by atoms with Gasteiger partial charge < -0.3 is 14.0 Å². The Labute approximate surface area is 164 Å². The summed E-state index contributed by atoms with van der Waals surface area (Å²) < 4.78 is 13.0. The van der Waals surface area contributed by atoms with E-state index in [1.807, 2.05) is 29.8 Å². The zero-order chi connectivity index (χ0) is 18.8. The first-order valence-corrected chi connectivity index (χ1v) is 9.53. The van der Waals surface area contributed by atoms with Crippen LogP contribution in [0.4, 0.5) is 0 Å². The van der Waals surface area contributed by atoms with Gasteiger partial charge in [-0.25, -0.2) is 4.98 Å². The number of esters is 1. The molecular formula is C19H24Cl2N2O3. The first-order chi connectivity index (χ1) is 12.6. The van der Waals surface area contributed by atoms with Crippen LogP contribution in [-0.4, -0.2) is 28.7 Å². The number of hydrogen-bond donors (Lipinski definition) is 0. The Morgan fingerprint density at radius 3 is 2.81 bits per heavy atom. The zero-order valence-corrected chi connectivity index (χ0v) is 16.4. The molecule has 5 nitrogen and oxygen atoms in total. The minimum absolute atomic E-state index is 0.139. The molecule has 0 spiro atoms. The number of carbonyl (C=O) groups is 1. The lowest BCUT2D eigenvalue weighted by Crippen LogP contribution is -2.13. The van der Waals surface area contributed by atoms with Gasteiger partial charge in [0.15, 0.2) is 0 Å². The highest BCUT2D eigenvalue weighted by molar-refractivity contribution is 6.35. The smallest absolute Gasteiger partial charge is 0.305 e. The van der Waals surface area contributed by atoms with E-state index in [0.29, 0.717) is 36.2 Å². The lowest BCUT2D eigenvalue weighted by atomic mass is 10.1. The maximum atomic E-state index is 11.3. The topological polar surface area (TPSA) is 53.4 Å². The number of unbranched alkanes of at least 4 members (excludes halogenated alkanes) is 2. The number of nitrogens with zero attached hydrogens (tertiary/aromatic N) is 2. The van der Waals surface area contributed by atoms with Gasteiger partial charge in [0.25, 0.3) is 0 Å². The van der Waals surface area contributed by atoms with Gasteiger partial charge >= 0.3 is 5.97 Å². The van der Waals surface area contributed by atoms with Crippen LogP contribution in [0.1, 0.15) is 44.3 Å². The summed E-state index contributed by atoms with van der Waals surface area (Å²) in [5.41, 5.74) is 0.899. The molecule has 1 aromatic carbocycles. The molecule has 7 heteroatoms. The van der Waals surface area contributed by atoms with Crippen molar-refractivity contribution in [3.63, 3.8) is 0 Å². The van der Waals surface area contributed by atoms with Crippen molar-refractivity contribution >= 4 is 29.2 Å². The monoisotopic (exact) mass is 398 g/mol. The molecule has 26 heavy (non-hydrogen) atoms. The Balaban J connectivity index is 1.85. The second-order valence-electron chi connectivity index (χ2n) is 5.90. The first-order valence-electron chi connectivity index (χ1n) is 8.78. The number of benzene rings is 1. The Bertz CT molecular complexity index is 677. The maximum absolute atomic E-state index is 11.3. The molecule has 0 aliphatic rings. The van der Waals surface area contributed by atoms with Crippen molar-refractivity contribution in [2.24, 2.45) is 0 Å². The van der Waals surface area contributed by atoms with Gasteiger partial charge in [-0.15, -0.1) is 0 Å². The molecule has 2 aromatic rings. The summed E-state index contributed by atoms with van der Waals surface area (Å²) in [5.74, 6) is -0.139. The summed E-state index contributed by atoms with van der Waals surface area (Å²) in [6, 6.07) is 5.43. The molecule has 0 radical (unpaired) electrons. The van der Waals surface area contributed by atoms with Gasteiger partial charge in [-0.2, -0.15) is 0 Å². The van der Waals surface area contributed by atoms with Crippen LogP contribution >= 0.6 is 23.2 Å². The van der Waals surface area contributed by atoms with Gasteiger partial charge in [-0.1, -0.05) is 35.7 Å². The molecule has 2 rings (SSSR count). The van der Waals surface area contributed by atoms with Gasteiger partial charge in [-0.3, -0.25) is 4.79 Å². The zero-order valence-electron chi connectivity index (χ0n) is 14.9. The van der Waals surface area contributed by atoms with Crippen molar-refractivity contribution in [2.75, 3.05) is 13.2 Å². The van der Waals surface area contributed by atoms with Crippen molar-refractivity contribution in [2.45, 2.75) is 45.3 Å². The molecule has 0 fully saturated rings. The molecule has 0 bridgehead atoms. The van der Waals surface area contributed by atoms with Crippen molar-refractivity contribution in [3.05, 3.63) is 52.5 Å². The number of carbonyl (C=O) groups excluding carboxylic acids is 1. The Kier molecular flexibility index (Phi) is 8.95. The van der Waals surface area contributed by atoms with E-state index in [-0.39, 0.29) is 12.1 Å². The second-order valence-corrected chi connectivity index (χ2v) is 6.74. The number of rotatable bonds is 11. The molecule has 1 aromatic heterocycles. The van der Waals surface area contributed by atoms with E-state index in [9.17, 15) is 4.79 Å². The van der Waals surface area contributed by atoms with Crippen molar-refractivity contribution in [3.8, 4) is 0 Å². The number of hydrogen-bond acceptors (Lipinski definition) is 4. The summed E-state index contributed by atoms with van der Waals surface area (Å²) >= 11 is 12.3. The maximum Gasteiger partial charge on any atom is 0.305 e. The predicted molar refractivity (Wildman–Crippen MR) is 102 cm³/mol. The molecule has 0 aliphatic carbocycles. The third-order valence-electron chi connectivity index (χ3n) is 3.89. The minimum atomic E-state index is -0.195. The van der Waals surface area contributed by atoms with Crippen LogP contribution in [0.3, 0.4) is 0 Å². The number of imidazole rings is 1. The molecule has 1 atom stereocenters. The lowest BCUT2D eigenvalue weighted by molar-refractivity contribution is -0.143. The van der Waals surface area contributed by atoms with Crippen molar-refractivity contribution in [1.29, 1.82) is 0 Å². The normalized spacial score (nSPS) is 12.1. The number of halogens is 2. The molecule has 0 saturated heterocycles. The molecule has 0 saturated carbocycles. The van der Waals surface area contributed by atoms with Gasteiger partial charge in [0, 0.05) is 41.0 Å². The SMILES string of the molecule is CCOC(=O)CCCCCOC(Cn1ccnc1)c1ccc(Cl)cc1Cl. The molecule has 0 N–H and O–H groups in total. The summed E-state index contributed by atoms with van der Waals surface area (Å²) in [7, 11) is 0. The Hall–Kier alpha value is -1.56. The van der Waals surface area contributed by atoms with Crippen LogP contribution in [0.5, 0.6) is 0 Å². The highest BCUT2D eigenvalue weighted by atomic mass is 35.5. The standard InChI is InChI=1S/C19H24Cl2N2O3/c1-2-25-19(24)6-4-3-5-11-26-18(13-23-10-9-22-14-23)16-8-7-15(20)12-17(16)21/h7-10,12,14,18H,2-6,11,13H2,1H3. The van der Waals surface area contributed by atoms with Crippen LogP contribution in [0, 0.1) is 0 Å². The van der Waals surface area contributed by atoms with Crippen LogP contribution in [0.15, 0.2) is 36.9 Å². The van der Waals surface area contributed by atoms with E-state index < -0.39 is 0 Å². The molecule has 1 unspecified atom stereocenters. The predicted octanol–water partition coefficient (Wildman–Crippen LogP) is 5.07. The van der Waals surface area contributed by atoms with Gasteiger partial charge in [-0.05, 0) is 31.9 Å². The van der Waals surface area contributed by atoms with Gasteiger partial charge in [0.1, 0.15) is 6.10 Å². The molecule has 0 aliphatic heterocycles. The van der Waals surface area contributed by atoms with Crippen LogP contribution < -0.4 is 0 Å². The van der Waals surface area contributed by atoms with E-state index in [1.165, 1.54) is 0 Å². The quantitative estimate of drug-likeness (QED) is 0.391. The summed E-state index contributed by atoms with van der Waals surface area (Å²) in [5, 5.41) is 1.18. The van der Waals surface area contributed by atoms with Crippen molar-refractivity contribution in [1.82, 2.24) is 9.55 Å². The van der Waals surface area contributed by atoms with Crippen LogP contribution in [0.2, 0.25) is 10.0 Å². The van der Waals surface area contributed by atoms with E-state index in [4.69, 9.17) is 32.7 Å². The molecule has 1 heterocycles. The fourth-order valence-electron chi connectivity index (χ4n) is 2.60. The highest BCUT2D eigenvalue weighted by Crippen LogP contribution is 2.30. The fraction of sp³-hybridized carbons (Fsp3) is 0.474. The van der Waals surface area contributed by atoms with E-state index in [2.05, 4.69) is 4.98 Å². The Morgan fingerprint density at radius 1 is 1.27 bits per heavy atom. The first kappa shape index (κ1) is 20.7. The van der Waals surface area contributed by atoms with Crippen molar-refractivity contribution < 1.29 is 14.3 Å². The van der Waals surface area contributed by atoms with E-state index in [0.717, 1.165) is 24.8 Å². The number of ether oxygens (including phenoxy) is 2. The average molecular weight is 399 g/mol. The minimum Gasteiger partial charge on any atom is -0.466 e. The third-order valence-corrected chi connectivity index (χ3v) is 4.46. The third kappa shape index (κ3) is 6.98. The highest BCUT2D eigenvalue weighted by Gasteiger charge is 2.16. The van der Waals surface area contributed by atoms with Gasteiger partial charge in [0.05, 0.1) is 19.5 Å². The Morgan fingerprint density at radius 2 is 2.12 bits per heavy atom. The second kappa shape index (κ2) is 11.2.